The van der Waals surface area contributed by atoms with Crippen molar-refractivity contribution >= 4 is 21.5 Å². The lowest BCUT2D eigenvalue weighted by Crippen LogP contribution is -3.00. The summed E-state index contributed by atoms with van der Waals surface area (Å²) < 4.78 is 60.2. The largest absolute Gasteiger partial charge is 1.00 e. The van der Waals surface area contributed by atoms with Crippen LogP contribution in [-0.2, 0) is 13.1 Å². The van der Waals surface area contributed by atoms with Gasteiger partial charge in [-0.3, -0.25) is 0 Å². The maximum absolute atomic E-state index is 14.9. The van der Waals surface area contributed by atoms with Gasteiger partial charge in [-0.2, -0.15) is 0 Å². The van der Waals surface area contributed by atoms with E-state index in [1.807, 2.05) is 36.4 Å². The van der Waals surface area contributed by atoms with Crippen LogP contribution in [0.4, 0.5) is 17.6 Å². The first-order valence-electron chi connectivity index (χ1n) is 16.7. The van der Waals surface area contributed by atoms with Crippen LogP contribution in [0.15, 0.2) is 97.1 Å². The Morgan fingerprint density at radius 1 is 0.521 bits per heavy atom. The predicted octanol–water partition coefficient (Wildman–Crippen LogP) is 8.99. The van der Waals surface area contributed by atoms with Crippen molar-refractivity contribution in [2.24, 2.45) is 0 Å². The van der Waals surface area contributed by atoms with Crippen LogP contribution in [0.1, 0.15) is 50.7 Å². The zero-order valence-corrected chi connectivity index (χ0v) is 28.8. The van der Waals surface area contributed by atoms with Crippen LogP contribution < -0.4 is 17.0 Å². The highest BCUT2D eigenvalue weighted by molar-refractivity contribution is 6.11. The second-order valence-electron chi connectivity index (χ2n) is 13.1. The first kappa shape index (κ1) is 33.9. The van der Waals surface area contributed by atoms with Gasteiger partial charge >= 0.3 is 0 Å². The molecule has 1 heterocycles. The molecule has 48 heavy (non-hydrogen) atoms. The van der Waals surface area contributed by atoms with E-state index >= 15 is 0 Å². The first-order chi connectivity index (χ1) is 22.8. The van der Waals surface area contributed by atoms with E-state index in [0.29, 0.717) is 24.2 Å². The van der Waals surface area contributed by atoms with Gasteiger partial charge in [0.15, 0.2) is 0 Å². The summed E-state index contributed by atoms with van der Waals surface area (Å²) in [5.74, 6) is -2.46. The number of hydrogen-bond donors (Lipinski definition) is 0. The van der Waals surface area contributed by atoms with Crippen molar-refractivity contribution in [1.29, 1.82) is 0 Å². The quantitative estimate of drug-likeness (QED) is 0.109. The Labute approximate surface area is 290 Å². The van der Waals surface area contributed by atoms with Crippen LogP contribution in [0.5, 0.6) is 0 Å². The molecule has 0 radical (unpaired) electrons. The van der Waals surface area contributed by atoms with E-state index in [4.69, 9.17) is 0 Å². The third-order valence-electron chi connectivity index (χ3n) is 9.87. The summed E-state index contributed by atoms with van der Waals surface area (Å²) in [7, 11) is 0. The Bertz CT molecular complexity index is 1950. The van der Waals surface area contributed by atoms with Crippen molar-refractivity contribution < 1.29 is 39.0 Å². The molecule has 1 nitrogen and oxygen atoms in total. The van der Waals surface area contributed by atoms with Crippen molar-refractivity contribution in [1.82, 2.24) is 0 Å². The van der Waals surface area contributed by atoms with Crippen LogP contribution in [-0.4, -0.2) is 17.6 Å². The van der Waals surface area contributed by atoms with Gasteiger partial charge < -0.3 is 21.5 Å². The lowest BCUT2D eigenvalue weighted by Gasteiger charge is -2.39. The summed E-state index contributed by atoms with van der Waals surface area (Å²) in [5, 5.41) is 4.02. The summed E-state index contributed by atoms with van der Waals surface area (Å²) in [5.41, 5.74) is 6.79. The second-order valence-corrected chi connectivity index (χ2v) is 13.1. The molecule has 0 saturated heterocycles. The lowest BCUT2D eigenvalue weighted by molar-refractivity contribution is -0.953. The number of halogens is 5. The van der Waals surface area contributed by atoms with Gasteiger partial charge in [0.2, 0.25) is 0 Å². The molecule has 7 rings (SSSR count). The van der Waals surface area contributed by atoms with Crippen molar-refractivity contribution in [2.45, 2.75) is 52.6 Å². The van der Waals surface area contributed by atoms with Gasteiger partial charge in [-0.15, -0.1) is 0 Å². The molecule has 0 fully saturated rings. The highest BCUT2D eigenvalue weighted by Gasteiger charge is 2.37. The van der Waals surface area contributed by atoms with Gasteiger partial charge in [0.25, 0.3) is 0 Å². The van der Waals surface area contributed by atoms with E-state index in [1.165, 1.54) is 24.3 Å². The van der Waals surface area contributed by atoms with E-state index in [1.54, 1.807) is 0 Å². The number of fused-ring (bicyclic) bond motifs is 7. The Morgan fingerprint density at radius 3 is 1.27 bits per heavy atom. The minimum absolute atomic E-state index is 0. The average molecular weight is 713 g/mol. The molecule has 6 aromatic carbocycles. The minimum atomic E-state index is -0.616. The van der Waals surface area contributed by atoms with Gasteiger partial charge in [-0.25, -0.2) is 17.6 Å². The molecule has 6 heteroatoms. The topological polar surface area (TPSA) is 0 Å². The predicted molar refractivity (Wildman–Crippen MR) is 185 cm³/mol. The fraction of sp³-hybridized carbons (Fsp3) is 0.238. The molecular formula is C42H38BrF4N. The third kappa shape index (κ3) is 6.28. The van der Waals surface area contributed by atoms with Gasteiger partial charge in [0, 0.05) is 34.4 Å². The van der Waals surface area contributed by atoms with Crippen LogP contribution in [0, 0.1) is 23.3 Å². The molecule has 1 aliphatic rings. The van der Waals surface area contributed by atoms with E-state index in [9.17, 15) is 17.6 Å². The SMILES string of the molecule is CCCC[N+]1(CCCC)Cc2c(-c3cc(F)cc(F)c3)cc3ccccc3c2-c2c(c(-c3cc(F)cc(F)c3)cc3ccccc23)C1.[Br-]. The molecule has 6 aromatic rings. The fourth-order valence-electron chi connectivity index (χ4n) is 7.76. The van der Waals surface area contributed by atoms with Gasteiger partial charge in [0.05, 0.1) is 13.1 Å². The molecule has 0 atom stereocenters. The van der Waals surface area contributed by atoms with Crippen molar-refractivity contribution in [3.63, 3.8) is 0 Å². The first-order valence-corrected chi connectivity index (χ1v) is 16.7. The Hall–Kier alpha value is -4.00. The van der Waals surface area contributed by atoms with Crippen LogP contribution in [0.2, 0.25) is 0 Å². The summed E-state index contributed by atoms with van der Waals surface area (Å²) >= 11 is 0. The highest BCUT2D eigenvalue weighted by atomic mass is 79.9. The standard InChI is InChI=1S/C42H38F4N.BrH/c1-3-5-15-47(16-6-4-2)25-39-37(29-17-31(43)23-32(44)18-29)21-27-11-7-9-13-35(27)41(39)42-36-14-10-8-12-28(36)22-38(40(42)26-47)30-19-33(45)24-34(46)20-30;/h7-14,17-24H,3-6,15-16,25-26H2,1-2H3;1H/q+1;/p-1. The zero-order valence-electron chi connectivity index (χ0n) is 27.2. The van der Waals surface area contributed by atoms with Crippen molar-refractivity contribution in [2.75, 3.05) is 13.1 Å². The monoisotopic (exact) mass is 711 g/mol. The van der Waals surface area contributed by atoms with Gasteiger partial charge in [0.1, 0.15) is 36.4 Å². The van der Waals surface area contributed by atoms with E-state index in [2.05, 4.69) is 38.1 Å². The Kier molecular flexibility index (Phi) is 9.78. The number of unbranched alkanes of at least 4 members (excludes halogenated alkanes) is 2. The van der Waals surface area contributed by atoms with E-state index in [-0.39, 0.29) is 17.0 Å². The molecule has 0 unspecified atom stereocenters. The molecule has 0 saturated carbocycles. The molecule has 0 N–H and O–H groups in total. The number of benzene rings is 6. The third-order valence-corrected chi connectivity index (χ3v) is 9.87. The maximum atomic E-state index is 14.9. The summed E-state index contributed by atoms with van der Waals surface area (Å²) in [6.45, 7) is 7.52. The molecule has 1 aliphatic heterocycles. The normalized spacial score (nSPS) is 13.5. The van der Waals surface area contributed by atoms with Crippen molar-refractivity contribution in [3.05, 3.63) is 131 Å². The van der Waals surface area contributed by atoms with E-state index < -0.39 is 23.3 Å². The maximum Gasteiger partial charge on any atom is 0.126 e. The molecule has 246 valence electrons. The summed E-state index contributed by atoms with van der Waals surface area (Å²) in [6, 6.07) is 28.0. The number of quaternary nitrogens is 1. The number of nitrogens with zero attached hydrogens (tertiary/aromatic N) is 1. The van der Waals surface area contributed by atoms with Crippen LogP contribution in [0.3, 0.4) is 0 Å². The summed E-state index contributed by atoms with van der Waals surface area (Å²) in [4.78, 5) is 0. The van der Waals surface area contributed by atoms with Crippen LogP contribution in [0.25, 0.3) is 54.9 Å². The second kappa shape index (κ2) is 13.9. The zero-order chi connectivity index (χ0) is 32.7. The van der Waals surface area contributed by atoms with E-state index in [0.717, 1.165) is 110 Å². The minimum Gasteiger partial charge on any atom is -1.00 e. The van der Waals surface area contributed by atoms with Gasteiger partial charge in [-0.05, 0) is 93.0 Å². The number of rotatable bonds is 8. The fourth-order valence-corrected chi connectivity index (χ4v) is 7.76. The molecular weight excluding hydrogens is 674 g/mol. The molecule has 0 amide bonds. The average Bonchev–Trinajstić information content (AvgIpc) is 3.20. The van der Waals surface area contributed by atoms with Crippen molar-refractivity contribution in [3.8, 4) is 33.4 Å². The molecule has 0 aliphatic carbocycles. The molecule has 0 aromatic heterocycles. The van der Waals surface area contributed by atoms with Gasteiger partial charge in [-0.1, -0.05) is 75.2 Å². The highest BCUT2D eigenvalue weighted by Crippen LogP contribution is 2.50. The molecule has 0 spiro atoms. The molecule has 0 bridgehead atoms. The number of hydrogen-bond acceptors (Lipinski definition) is 0. The Balaban J connectivity index is 0.00000401. The Morgan fingerprint density at radius 2 is 0.896 bits per heavy atom. The lowest BCUT2D eigenvalue weighted by atomic mass is 9.82. The smallest absolute Gasteiger partial charge is 0.126 e. The summed E-state index contributed by atoms with van der Waals surface area (Å²) in [6.07, 6.45) is 4.04. The van der Waals surface area contributed by atoms with Crippen LogP contribution >= 0.6 is 0 Å².